The van der Waals surface area contributed by atoms with Crippen LogP contribution in [-0.2, 0) is 9.53 Å². The highest BCUT2D eigenvalue weighted by molar-refractivity contribution is 6.64. The van der Waals surface area contributed by atoms with Crippen molar-refractivity contribution in [3.8, 4) is 0 Å². The number of ether oxygens (including phenoxy) is 1. The lowest BCUT2D eigenvalue weighted by molar-refractivity contribution is -0.116. The number of nitrogens with one attached hydrogen (secondary N) is 1. The van der Waals surface area contributed by atoms with E-state index < -0.39 is 11.3 Å². The zero-order chi connectivity index (χ0) is 8.85. The van der Waals surface area contributed by atoms with Crippen LogP contribution in [0.4, 0.5) is 4.79 Å². The molecule has 0 bridgehead atoms. The van der Waals surface area contributed by atoms with Crippen molar-refractivity contribution in [2.75, 3.05) is 7.11 Å². The Kier molecular flexibility index (Phi) is 4.29. The maximum Gasteiger partial charge on any atom is 0.320 e. The highest BCUT2D eigenvalue weighted by Crippen LogP contribution is 1.92. The van der Waals surface area contributed by atoms with Crippen molar-refractivity contribution in [2.24, 2.45) is 0 Å². The summed E-state index contributed by atoms with van der Waals surface area (Å²) in [5.41, 5.74) is 0.279. The van der Waals surface area contributed by atoms with E-state index in [4.69, 9.17) is 11.6 Å². The summed E-state index contributed by atoms with van der Waals surface area (Å²) in [7, 11) is 1.40. The second-order valence-electron chi connectivity index (χ2n) is 1.76. The third-order valence-electron chi connectivity index (χ3n) is 0.865. The average Bonchev–Trinajstić information content (AvgIpc) is 1.86. The second kappa shape index (κ2) is 4.73. The van der Waals surface area contributed by atoms with Gasteiger partial charge in [0.2, 0.25) is 0 Å². The molecule has 0 aliphatic heterocycles. The molecule has 62 valence electrons. The van der Waals surface area contributed by atoms with Gasteiger partial charge in [0.25, 0.3) is 5.91 Å². The largest absolute Gasteiger partial charge is 0.504 e. The van der Waals surface area contributed by atoms with Crippen LogP contribution in [-0.4, -0.2) is 18.4 Å². The Bertz CT molecular complexity index is 200. The van der Waals surface area contributed by atoms with E-state index >= 15 is 0 Å². The van der Waals surface area contributed by atoms with E-state index in [0.29, 0.717) is 0 Å². The molecule has 1 N–H and O–H groups in total. The summed E-state index contributed by atoms with van der Waals surface area (Å²) >= 11 is 4.88. The van der Waals surface area contributed by atoms with Crippen LogP contribution < -0.4 is 5.32 Å². The van der Waals surface area contributed by atoms with Crippen molar-refractivity contribution in [3.05, 3.63) is 11.8 Å². The van der Waals surface area contributed by atoms with Crippen LogP contribution in [0.15, 0.2) is 11.8 Å². The number of methoxy groups -OCH3 is 1. The van der Waals surface area contributed by atoms with Crippen LogP contribution in [0.25, 0.3) is 0 Å². The molecule has 0 rings (SSSR count). The first-order chi connectivity index (χ1) is 5.07. The molecule has 0 saturated heterocycles. The van der Waals surface area contributed by atoms with Gasteiger partial charge in [-0.15, -0.1) is 0 Å². The van der Waals surface area contributed by atoms with E-state index in [1.54, 1.807) is 0 Å². The Hall–Kier alpha value is -1.03. The van der Waals surface area contributed by atoms with Crippen LogP contribution in [0.2, 0.25) is 0 Å². The van der Waals surface area contributed by atoms with Crippen molar-refractivity contribution in [1.29, 1.82) is 0 Å². The van der Waals surface area contributed by atoms with E-state index in [-0.39, 0.29) is 5.57 Å². The van der Waals surface area contributed by atoms with Crippen LogP contribution >= 0.6 is 11.6 Å². The van der Waals surface area contributed by atoms with Gasteiger partial charge in [0, 0.05) is 5.57 Å². The van der Waals surface area contributed by atoms with Gasteiger partial charge in [-0.1, -0.05) is 0 Å². The molecule has 11 heavy (non-hydrogen) atoms. The lowest BCUT2D eigenvalue weighted by atomic mass is 10.3. The molecule has 0 aromatic rings. The Morgan fingerprint density at radius 3 is 2.45 bits per heavy atom. The van der Waals surface area contributed by atoms with Crippen molar-refractivity contribution in [3.63, 3.8) is 0 Å². The highest BCUT2D eigenvalue weighted by atomic mass is 35.5. The number of carbonyl (C=O) groups is 2. The number of halogens is 1. The molecule has 0 radical (unpaired) electrons. The topological polar surface area (TPSA) is 55.4 Å². The van der Waals surface area contributed by atoms with E-state index in [1.807, 2.05) is 5.32 Å². The molecule has 0 aromatic heterocycles. The number of carbonyl (C=O) groups excluding carboxylic acids is 2. The quantitative estimate of drug-likeness (QED) is 0.297. The Labute approximate surface area is 69.2 Å². The summed E-state index contributed by atoms with van der Waals surface area (Å²) in [6, 6.07) is 0. The summed E-state index contributed by atoms with van der Waals surface area (Å²) in [4.78, 5) is 20.9. The molecule has 5 heteroatoms. The molecule has 0 atom stereocenters. The summed E-state index contributed by atoms with van der Waals surface area (Å²) in [6.45, 7) is 1.50. The van der Waals surface area contributed by atoms with Crippen molar-refractivity contribution < 1.29 is 14.3 Å². The summed E-state index contributed by atoms with van der Waals surface area (Å²) in [6.07, 6.45) is 1.22. The van der Waals surface area contributed by atoms with E-state index in [1.165, 1.54) is 20.3 Å². The molecule has 4 nitrogen and oxygen atoms in total. The van der Waals surface area contributed by atoms with Gasteiger partial charge in [-0.05, 0) is 18.5 Å². The molecule has 0 aliphatic rings. The Balaban J connectivity index is 4.03. The number of imide groups is 1. The van der Waals surface area contributed by atoms with Gasteiger partial charge in [-0.25, -0.2) is 0 Å². The third-order valence-corrected chi connectivity index (χ3v) is 0.959. The molecular formula is C6H8ClNO3. The SMILES string of the molecule is CO/C=C(\C)C(=O)NC(=O)Cl. The maximum absolute atomic E-state index is 10.8. The number of rotatable bonds is 2. The van der Waals surface area contributed by atoms with Crippen molar-refractivity contribution in [2.45, 2.75) is 6.92 Å². The van der Waals surface area contributed by atoms with Gasteiger partial charge in [0.05, 0.1) is 13.4 Å². The Morgan fingerprint density at radius 1 is 1.55 bits per heavy atom. The smallest absolute Gasteiger partial charge is 0.320 e. The predicted octanol–water partition coefficient (Wildman–Crippen LogP) is 1.01. The van der Waals surface area contributed by atoms with Crippen molar-refractivity contribution in [1.82, 2.24) is 5.32 Å². The number of hydrogen-bond acceptors (Lipinski definition) is 3. The summed E-state index contributed by atoms with van der Waals surface area (Å²) in [5, 5.41) is 0.963. The lowest BCUT2D eigenvalue weighted by Crippen LogP contribution is -2.26. The molecule has 0 aliphatic carbocycles. The molecule has 0 saturated carbocycles. The van der Waals surface area contributed by atoms with E-state index in [0.717, 1.165) is 0 Å². The first kappa shape index (κ1) is 9.97. The van der Waals surface area contributed by atoms with Gasteiger partial charge in [-0.3, -0.25) is 14.9 Å². The highest BCUT2D eigenvalue weighted by Gasteiger charge is 2.06. The molecular weight excluding hydrogens is 170 g/mol. The van der Waals surface area contributed by atoms with Crippen LogP contribution in [0.1, 0.15) is 6.92 Å². The van der Waals surface area contributed by atoms with E-state index in [2.05, 4.69) is 4.74 Å². The third kappa shape index (κ3) is 4.38. The summed E-state index contributed by atoms with van der Waals surface area (Å²) in [5.74, 6) is -0.563. The van der Waals surface area contributed by atoms with Gasteiger partial charge in [0.15, 0.2) is 0 Å². The molecule has 0 fully saturated rings. The normalized spacial score (nSPS) is 10.6. The zero-order valence-electron chi connectivity index (χ0n) is 6.18. The molecule has 0 unspecified atom stereocenters. The standard InChI is InChI=1S/C6H8ClNO3/c1-4(3-11-2)5(9)8-6(7)10/h3H,1-2H3,(H,8,9,10)/b4-3+. The average molecular weight is 178 g/mol. The van der Waals surface area contributed by atoms with Crippen LogP contribution in [0, 0.1) is 0 Å². The van der Waals surface area contributed by atoms with Gasteiger partial charge >= 0.3 is 5.37 Å². The minimum Gasteiger partial charge on any atom is -0.504 e. The molecule has 0 spiro atoms. The van der Waals surface area contributed by atoms with Gasteiger partial charge < -0.3 is 4.74 Å². The minimum atomic E-state index is -0.904. The lowest BCUT2D eigenvalue weighted by Gasteiger charge is -1.97. The predicted molar refractivity (Wildman–Crippen MR) is 40.2 cm³/mol. The number of amides is 2. The minimum absolute atomic E-state index is 0.279. The second-order valence-corrected chi connectivity index (χ2v) is 2.11. The first-order valence-electron chi connectivity index (χ1n) is 2.78. The molecule has 0 aromatic carbocycles. The fourth-order valence-corrected chi connectivity index (χ4v) is 0.504. The zero-order valence-corrected chi connectivity index (χ0v) is 6.94. The van der Waals surface area contributed by atoms with E-state index in [9.17, 15) is 9.59 Å². The Morgan fingerprint density at radius 2 is 2.09 bits per heavy atom. The van der Waals surface area contributed by atoms with Crippen LogP contribution in [0.5, 0.6) is 0 Å². The molecule has 0 heterocycles. The monoisotopic (exact) mass is 177 g/mol. The van der Waals surface area contributed by atoms with Crippen LogP contribution in [0.3, 0.4) is 0 Å². The summed E-state index contributed by atoms with van der Waals surface area (Å²) < 4.78 is 4.53. The first-order valence-corrected chi connectivity index (χ1v) is 3.16. The maximum atomic E-state index is 10.8. The fourth-order valence-electron chi connectivity index (χ4n) is 0.418. The van der Waals surface area contributed by atoms with Crippen molar-refractivity contribution >= 4 is 22.9 Å². The fraction of sp³-hybridized carbons (Fsp3) is 0.333. The number of hydrogen-bond donors (Lipinski definition) is 1. The van der Waals surface area contributed by atoms with Gasteiger partial charge in [0.1, 0.15) is 0 Å². The van der Waals surface area contributed by atoms with Gasteiger partial charge in [-0.2, -0.15) is 0 Å². The molecule has 2 amide bonds.